The highest BCUT2D eigenvalue weighted by molar-refractivity contribution is 6.11. The largest absolute Gasteiger partial charge is 0.326 e. The molecule has 26 heavy (non-hydrogen) atoms. The Bertz CT molecular complexity index is 1060. The molecular formula is C21H17N3O2. The number of anilines is 2. The summed E-state index contributed by atoms with van der Waals surface area (Å²) in [5.74, 6) is 0.154. The monoisotopic (exact) mass is 343 g/mol. The van der Waals surface area contributed by atoms with E-state index in [-0.39, 0.29) is 17.7 Å². The van der Waals surface area contributed by atoms with E-state index >= 15 is 0 Å². The molecule has 0 atom stereocenters. The minimum atomic E-state index is -0.0363. The Balaban J connectivity index is 1.44. The normalized spacial score (nSPS) is 16.0. The third kappa shape index (κ3) is 2.52. The molecule has 1 fully saturated rings. The van der Waals surface area contributed by atoms with Crippen LogP contribution < -0.4 is 10.2 Å². The number of carbonyl (C=O) groups is 2. The smallest absolute Gasteiger partial charge is 0.259 e. The first-order valence-corrected chi connectivity index (χ1v) is 8.79. The number of hydrogen-bond acceptors (Lipinski definition) is 3. The first kappa shape index (κ1) is 15.1. The van der Waals surface area contributed by atoms with Crippen LogP contribution >= 0.6 is 0 Å². The summed E-state index contributed by atoms with van der Waals surface area (Å²) < 4.78 is 0. The zero-order chi connectivity index (χ0) is 17.7. The van der Waals surface area contributed by atoms with Gasteiger partial charge in [0.25, 0.3) is 5.91 Å². The summed E-state index contributed by atoms with van der Waals surface area (Å²) in [6.45, 7) is 0.538. The minimum Gasteiger partial charge on any atom is -0.326 e. The van der Waals surface area contributed by atoms with E-state index in [1.165, 1.54) is 0 Å². The zero-order valence-electron chi connectivity index (χ0n) is 14.1. The van der Waals surface area contributed by atoms with Crippen molar-refractivity contribution < 1.29 is 9.59 Å². The van der Waals surface area contributed by atoms with Crippen molar-refractivity contribution >= 4 is 34.1 Å². The fourth-order valence-electron chi connectivity index (χ4n) is 3.41. The van der Waals surface area contributed by atoms with Crippen molar-refractivity contribution in [3.63, 3.8) is 0 Å². The molecule has 1 N–H and O–H groups in total. The van der Waals surface area contributed by atoms with Crippen LogP contribution in [0.3, 0.4) is 0 Å². The third-order valence-electron chi connectivity index (χ3n) is 5.03. The highest BCUT2D eigenvalue weighted by atomic mass is 16.2. The predicted octanol–water partition coefficient (Wildman–Crippen LogP) is 3.74. The van der Waals surface area contributed by atoms with Crippen LogP contribution in [0.1, 0.15) is 28.8 Å². The average Bonchev–Trinajstić information content (AvgIpc) is 3.47. The van der Waals surface area contributed by atoms with Crippen molar-refractivity contribution in [2.45, 2.75) is 19.4 Å². The van der Waals surface area contributed by atoms with Crippen molar-refractivity contribution in [2.75, 3.05) is 10.2 Å². The SMILES string of the molecule is O=C(Nc1ccc2c(c1)C(=O)N(c1ccc3ncccc3c1)C2)C1CC1. The second-order valence-corrected chi connectivity index (χ2v) is 6.91. The summed E-state index contributed by atoms with van der Waals surface area (Å²) >= 11 is 0. The lowest BCUT2D eigenvalue weighted by molar-refractivity contribution is -0.117. The van der Waals surface area contributed by atoms with Gasteiger partial charge in [0, 0.05) is 34.4 Å². The number of benzene rings is 2. The van der Waals surface area contributed by atoms with E-state index in [9.17, 15) is 9.59 Å². The molecule has 1 aromatic heterocycles. The van der Waals surface area contributed by atoms with Crippen LogP contribution in [0.5, 0.6) is 0 Å². The molecule has 0 saturated heterocycles. The molecule has 2 heterocycles. The van der Waals surface area contributed by atoms with Gasteiger partial charge in [0.05, 0.1) is 12.1 Å². The molecule has 5 nitrogen and oxygen atoms in total. The van der Waals surface area contributed by atoms with Crippen molar-refractivity contribution in [1.82, 2.24) is 4.98 Å². The first-order valence-electron chi connectivity index (χ1n) is 8.79. The van der Waals surface area contributed by atoms with Gasteiger partial charge in [-0.25, -0.2) is 0 Å². The number of nitrogens with one attached hydrogen (secondary N) is 1. The molecule has 0 spiro atoms. The molecule has 0 radical (unpaired) electrons. The van der Waals surface area contributed by atoms with Gasteiger partial charge in [0.1, 0.15) is 0 Å². The van der Waals surface area contributed by atoms with Crippen molar-refractivity contribution in [3.05, 3.63) is 65.9 Å². The Morgan fingerprint density at radius 3 is 2.85 bits per heavy atom. The van der Waals surface area contributed by atoms with E-state index in [1.54, 1.807) is 17.2 Å². The standard InChI is InChI=1S/C21H17N3O2/c25-20(13-3-4-13)23-16-6-5-15-12-24(21(26)18(15)11-16)17-7-8-19-14(10-17)2-1-9-22-19/h1-2,5-11,13H,3-4,12H2,(H,23,25). The maximum absolute atomic E-state index is 12.9. The van der Waals surface area contributed by atoms with Crippen molar-refractivity contribution in [1.29, 1.82) is 0 Å². The minimum absolute atomic E-state index is 0.0363. The number of aromatic nitrogens is 1. The number of fused-ring (bicyclic) bond motifs is 2. The highest BCUT2D eigenvalue weighted by Crippen LogP contribution is 2.33. The molecule has 1 saturated carbocycles. The highest BCUT2D eigenvalue weighted by Gasteiger charge is 2.31. The summed E-state index contributed by atoms with van der Waals surface area (Å²) in [5, 5.41) is 3.92. The Labute approximate surface area is 150 Å². The van der Waals surface area contributed by atoms with Gasteiger partial charge >= 0.3 is 0 Å². The lowest BCUT2D eigenvalue weighted by Gasteiger charge is -2.16. The van der Waals surface area contributed by atoms with E-state index in [0.717, 1.165) is 35.0 Å². The van der Waals surface area contributed by atoms with Gasteiger partial charge in [0.15, 0.2) is 0 Å². The summed E-state index contributed by atoms with van der Waals surface area (Å²) in [4.78, 5) is 31.0. The van der Waals surface area contributed by atoms with Crippen LogP contribution in [0.25, 0.3) is 10.9 Å². The second-order valence-electron chi connectivity index (χ2n) is 6.91. The van der Waals surface area contributed by atoms with Gasteiger partial charge in [0.2, 0.25) is 5.91 Å². The number of nitrogens with zero attached hydrogens (tertiary/aromatic N) is 2. The molecule has 2 aromatic carbocycles. The zero-order valence-corrected chi connectivity index (χ0v) is 14.1. The number of carbonyl (C=O) groups excluding carboxylic acids is 2. The molecule has 0 unspecified atom stereocenters. The fraction of sp³-hybridized carbons (Fsp3) is 0.190. The van der Waals surface area contributed by atoms with E-state index < -0.39 is 0 Å². The molecule has 5 rings (SSSR count). The lowest BCUT2D eigenvalue weighted by Crippen LogP contribution is -2.23. The van der Waals surface area contributed by atoms with Gasteiger partial charge < -0.3 is 10.2 Å². The predicted molar refractivity (Wildman–Crippen MR) is 100 cm³/mol. The van der Waals surface area contributed by atoms with E-state index in [4.69, 9.17) is 0 Å². The van der Waals surface area contributed by atoms with Gasteiger partial charge in [-0.3, -0.25) is 14.6 Å². The Hall–Kier alpha value is -3.21. The summed E-state index contributed by atoms with van der Waals surface area (Å²) in [6, 6.07) is 15.3. The molecule has 3 aromatic rings. The molecule has 1 aliphatic carbocycles. The second kappa shape index (κ2) is 5.66. The summed E-state index contributed by atoms with van der Waals surface area (Å²) in [7, 11) is 0. The van der Waals surface area contributed by atoms with Crippen LogP contribution in [0.15, 0.2) is 54.7 Å². The summed E-state index contributed by atoms with van der Waals surface area (Å²) in [6.07, 6.45) is 3.68. The number of hydrogen-bond donors (Lipinski definition) is 1. The Morgan fingerprint density at radius 1 is 1.12 bits per heavy atom. The molecule has 0 bridgehead atoms. The van der Waals surface area contributed by atoms with Crippen LogP contribution in [0.4, 0.5) is 11.4 Å². The van der Waals surface area contributed by atoms with Gasteiger partial charge in [-0.1, -0.05) is 12.1 Å². The number of pyridine rings is 1. The van der Waals surface area contributed by atoms with Gasteiger partial charge in [-0.05, 0) is 54.8 Å². The third-order valence-corrected chi connectivity index (χ3v) is 5.03. The topological polar surface area (TPSA) is 62.3 Å². The van der Waals surface area contributed by atoms with Crippen LogP contribution in [-0.2, 0) is 11.3 Å². The first-order chi connectivity index (χ1) is 12.7. The fourth-order valence-corrected chi connectivity index (χ4v) is 3.41. The molecule has 1 aliphatic heterocycles. The van der Waals surface area contributed by atoms with Crippen LogP contribution in [0.2, 0.25) is 0 Å². The summed E-state index contributed by atoms with van der Waals surface area (Å²) in [5.41, 5.74) is 4.09. The van der Waals surface area contributed by atoms with E-state index in [1.807, 2.05) is 42.5 Å². The molecule has 128 valence electrons. The molecule has 5 heteroatoms. The molecule has 2 aliphatic rings. The number of rotatable bonds is 3. The average molecular weight is 343 g/mol. The van der Waals surface area contributed by atoms with Gasteiger partial charge in [-0.15, -0.1) is 0 Å². The van der Waals surface area contributed by atoms with Crippen molar-refractivity contribution in [3.8, 4) is 0 Å². The van der Waals surface area contributed by atoms with Crippen molar-refractivity contribution in [2.24, 2.45) is 5.92 Å². The molecule has 2 amide bonds. The van der Waals surface area contributed by atoms with Crippen LogP contribution in [-0.4, -0.2) is 16.8 Å². The lowest BCUT2D eigenvalue weighted by atomic mass is 10.1. The Kier molecular flexibility index (Phi) is 3.28. The quantitative estimate of drug-likeness (QED) is 0.788. The molecular weight excluding hydrogens is 326 g/mol. The Morgan fingerprint density at radius 2 is 2.00 bits per heavy atom. The van der Waals surface area contributed by atoms with E-state index in [2.05, 4.69) is 10.3 Å². The number of amides is 2. The van der Waals surface area contributed by atoms with Crippen LogP contribution in [0, 0.1) is 5.92 Å². The maximum atomic E-state index is 12.9. The van der Waals surface area contributed by atoms with Gasteiger partial charge in [-0.2, -0.15) is 0 Å². The maximum Gasteiger partial charge on any atom is 0.259 e. The van der Waals surface area contributed by atoms with E-state index in [0.29, 0.717) is 17.8 Å².